The molecule has 0 aliphatic heterocycles. The highest BCUT2D eigenvalue weighted by Crippen LogP contribution is 2.01. The van der Waals surface area contributed by atoms with Crippen molar-refractivity contribution in [2.75, 3.05) is 0 Å². The zero-order chi connectivity index (χ0) is 12.0. The van der Waals surface area contributed by atoms with Crippen LogP contribution in [0.3, 0.4) is 0 Å². The predicted molar refractivity (Wildman–Crippen MR) is 48.1 cm³/mol. The number of carbonyl (C=O) groups excluding carboxylic acids is 3. The Morgan fingerprint density at radius 3 is 1.87 bits per heavy atom. The number of carboxylic acid groups (broad SMARTS) is 1. The second-order valence-corrected chi connectivity index (χ2v) is 2.98. The van der Waals surface area contributed by atoms with Gasteiger partial charge in [-0.2, -0.15) is 0 Å². The first kappa shape index (κ1) is 13.3. The van der Waals surface area contributed by atoms with Crippen LogP contribution in [-0.4, -0.2) is 34.7 Å². The predicted octanol–water partition coefficient (Wildman–Crippen LogP) is -0.0590. The second kappa shape index (κ2) is 5.90. The summed E-state index contributed by atoms with van der Waals surface area (Å²) in [6, 6.07) is 0. The van der Waals surface area contributed by atoms with Crippen LogP contribution in [0, 0.1) is 0 Å². The molecule has 0 bridgehead atoms. The number of esters is 1. The fraction of sp³-hybridized carbons (Fsp3) is 0.556. The maximum atomic E-state index is 11.0. The lowest BCUT2D eigenvalue weighted by Gasteiger charge is -2.11. The molecule has 15 heavy (non-hydrogen) atoms. The molecule has 0 aromatic carbocycles. The SMILES string of the molecule is CC(=O)C(OC(=O)CCC(=O)O)C(C)=O. The van der Waals surface area contributed by atoms with Crippen LogP contribution in [0.1, 0.15) is 26.7 Å². The maximum Gasteiger partial charge on any atom is 0.307 e. The summed E-state index contributed by atoms with van der Waals surface area (Å²) in [5, 5.41) is 8.27. The molecule has 0 saturated carbocycles. The van der Waals surface area contributed by atoms with Crippen molar-refractivity contribution in [3.8, 4) is 0 Å². The molecule has 0 atom stereocenters. The van der Waals surface area contributed by atoms with E-state index in [-0.39, 0.29) is 12.8 Å². The van der Waals surface area contributed by atoms with Gasteiger partial charge in [-0.3, -0.25) is 19.2 Å². The maximum absolute atomic E-state index is 11.0. The summed E-state index contributed by atoms with van der Waals surface area (Å²) in [6.45, 7) is 2.24. The van der Waals surface area contributed by atoms with Gasteiger partial charge in [-0.05, 0) is 13.8 Å². The molecule has 0 fully saturated rings. The monoisotopic (exact) mass is 216 g/mol. The normalized spacial score (nSPS) is 9.80. The van der Waals surface area contributed by atoms with Crippen molar-refractivity contribution in [2.45, 2.75) is 32.8 Å². The molecule has 1 N–H and O–H groups in total. The summed E-state index contributed by atoms with van der Waals surface area (Å²) in [4.78, 5) is 42.8. The lowest BCUT2D eigenvalue weighted by Crippen LogP contribution is -2.32. The lowest BCUT2D eigenvalue weighted by atomic mass is 10.2. The minimum atomic E-state index is -1.41. The molecule has 0 aliphatic rings. The third-order valence-corrected chi connectivity index (χ3v) is 1.53. The third kappa shape index (κ3) is 5.56. The Bertz CT molecular complexity index is 279. The number of carboxylic acids is 1. The van der Waals surface area contributed by atoms with Gasteiger partial charge in [-0.15, -0.1) is 0 Å². The van der Waals surface area contributed by atoms with Gasteiger partial charge in [0.15, 0.2) is 11.6 Å². The molecular weight excluding hydrogens is 204 g/mol. The van der Waals surface area contributed by atoms with Crippen LogP contribution in [0.2, 0.25) is 0 Å². The largest absolute Gasteiger partial charge is 0.481 e. The first-order valence-electron chi connectivity index (χ1n) is 4.26. The van der Waals surface area contributed by atoms with E-state index in [0.29, 0.717) is 0 Å². The van der Waals surface area contributed by atoms with Gasteiger partial charge in [0.05, 0.1) is 12.8 Å². The fourth-order valence-electron chi connectivity index (χ4n) is 0.852. The number of hydrogen-bond donors (Lipinski definition) is 1. The van der Waals surface area contributed by atoms with E-state index in [1.807, 2.05) is 0 Å². The molecular formula is C9H12O6. The molecule has 0 aromatic rings. The molecule has 0 amide bonds. The first-order chi connectivity index (χ1) is 6.84. The summed E-state index contributed by atoms with van der Waals surface area (Å²) in [5.74, 6) is -3.17. The Balaban J connectivity index is 4.18. The Hall–Kier alpha value is -1.72. The van der Waals surface area contributed by atoms with Crippen molar-refractivity contribution in [2.24, 2.45) is 0 Å². The van der Waals surface area contributed by atoms with Crippen molar-refractivity contribution < 1.29 is 29.0 Å². The minimum Gasteiger partial charge on any atom is -0.481 e. The summed E-state index contributed by atoms with van der Waals surface area (Å²) < 4.78 is 4.52. The summed E-state index contributed by atoms with van der Waals surface area (Å²) in [5.41, 5.74) is 0. The minimum absolute atomic E-state index is 0.355. The van der Waals surface area contributed by atoms with E-state index in [0.717, 1.165) is 13.8 Å². The van der Waals surface area contributed by atoms with Crippen LogP contribution in [-0.2, 0) is 23.9 Å². The van der Waals surface area contributed by atoms with Gasteiger partial charge in [0.2, 0.25) is 6.10 Å². The van der Waals surface area contributed by atoms with E-state index >= 15 is 0 Å². The van der Waals surface area contributed by atoms with Crippen molar-refractivity contribution >= 4 is 23.5 Å². The molecule has 0 saturated heterocycles. The van der Waals surface area contributed by atoms with E-state index in [1.165, 1.54) is 0 Å². The highest BCUT2D eigenvalue weighted by Gasteiger charge is 2.23. The Morgan fingerprint density at radius 2 is 1.53 bits per heavy atom. The van der Waals surface area contributed by atoms with Crippen LogP contribution < -0.4 is 0 Å². The fourth-order valence-corrected chi connectivity index (χ4v) is 0.852. The van der Waals surface area contributed by atoms with E-state index in [1.54, 1.807) is 0 Å². The first-order valence-corrected chi connectivity index (χ1v) is 4.26. The molecule has 0 aliphatic carbocycles. The van der Waals surface area contributed by atoms with Gasteiger partial charge in [-0.1, -0.05) is 0 Å². The average Bonchev–Trinajstić information content (AvgIpc) is 2.09. The van der Waals surface area contributed by atoms with Crippen molar-refractivity contribution in [3.63, 3.8) is 0 Å². The van der Waals surface area contributed by atoms with Crippen LogP contribution in [0.15, 0.2) is 0 Å². The van der Waals surface area contributed by atoms with Crippen molar-refractivity contribution in [1.29, 1.82) is 0 Å². The Morgan fingerprint density at radius 1 is 1.07 bits per heavy atom. The van der Waals surface area contributed by atoms with Crippen LogP contribution in [0.5, 0.6) is 0 Å². The Labute approximate surface area is 86.2 Å². The van der Waals surface area contributed by atoms with E-state index in [9.17, 15) is 19.2 Å². The number of carbonyl (C=O) groups is 4. The topological polar surface area (TPSA) is 97.7 Å². The quantitative estimate of drug-likeness (QED) is 0.493. The second-order valence-electron chi connectivity index (χ2n) is 2.98. The van der Waals surface area contributed by atoms with Crippen molar-refractivity contribution in [3.05, 3.63) is 0 Å². The van der Waals surface area contributed by atoms with Gasteiger partial charge < -0.3 is 9.84 Å². The van der Waals surface area contributed by atoms with Gasteiger partial charge >= 0.3 is 11.9 Å². The number of ether oxygens (including phenoxy) is 1. The molecule has 0 aromatic heterocycles. The van der Waals surface area contributed by atoms with E-state index < -0.39 is 29.6 Å². The zero-order valence-electron chi connectivity index (χ0n) is 8.48. The van der Waals surface area contributed by atoms with E-state index in [4.69, 9.17) is 5.11 Å². The molecule has 6 nitrogen and oxygen atoms in total. The molecule has 0 heterocycles. The molecule has 0 unspecified atom stereocenters. The van der Waals surface area contributed by atoms with Gasteiger partial charge in [-0.25, -0.2) is 0 Å². The average molecular weight is 216 g/mol. The molecule has 0 rings (SSSR count). The summed E-state index contributed by atoms with van der Waals surface area (Å²) >= 11 is 0. The van der Waals surface area contributed by atoms with Gasteiger partial charge in [0.1, 0.15) is 0 Å². The van der Waals surface area contributed by atoms with Gasteiger partial charge in [0.25, 0.3) is 0 Å². The number of rotatable bonds is 6. The molecule has 6 heteroatoms. The standard InChI is InChI=1S/C9H12O6/c1-5(10)9(6(2)11)15-8(14)4-3-7(12)13/h9H,3-4H2,1-2H3,(H,12,13). The summed E-state index contributed by atoms with van der Waals surface area (Å²) in [7, 11) is 0. The smallest absolute Gasteiger partial charge is 0.307 e. The number of aliphatic carboxylic acids is 1. The lowest BCUT2D eigenvalue weighted by molar-refractivity contribution is -0.160. The van der Waals surface area contributed by atoms with Crippen molar-refractivity contribution in [1.82, 2.24) is 0 Å². The number of ketones is 2. The van der Waals surface area contributed by atoms with E-state index in [2.05, 4.69) is 4.74 Å². The zero-order valence-corrected chi connectivity index (χ0v) is 8.48. The van der Waals surface area contributed by atoms with Crippen LogP contribution in [0.25, 0.3) is 0 Å². The van der Waals surface area contributed by atoms with Crippen LogP contribution in [0.4, 0.5) is 0 Å². The number of hydrogen-bond acceptors (Lipinski definition) is 5. The number of Topliss-reactive ketones (excluding diaryl/α,β-unsaturated/α-hetero) is 2. The summed E-state index contributed by atoms with van der Waals surface area (Å²) in [6.07, 6.45) is -2.15. The van der Waals surface area contributed by atoms with Gasteiger partial charge in [0, 0.05) is 0 Å². The highest BCUT2D eigenvalue weighted by molar-refractivity contribution is 6.04. The van der Waals surface area contributed by atoms with Crippen LogP contribution >= 0.6 is 0 Å². The Kier molecular flexibility index (Phi) is 5.22. The molecule has 84 valence electrons. The highest BCUT2D eigenvalue weighted by atomic mass is 16.5. The molecule has 0 radical (unpaired) electrons. The third-order valence-electron chi connectivity index (χ3n) is 1.53. The molecule has 0 spiro atoms.